The Kier molecular flexibility index (Phi) is 7.42. The standard InChI is InChI=1S/C18H29N3/c1-5-21(6-2)15-13-18(16-19,12-14-20(3)4)17-10-8-7-9-11-17/h7-11H,5-6,12-15H2,1-4H3/t18-/m1/s1. The van der Waals surface area contributed by atoms with E-state index in [0.29, 0.717) is 0 Å². The molecule has 0 saturated carbocycles. The number of benzene rings is 1. The van der Waals surface area contributed by atoms with Gasteiger partial charge in [0.1, 0.15) is 0 Å². The van der Waals surface area contributed by atoms with E-state index < -0.39 is 0 Å². The Hall–Kier alpha value is -1.37. The van der Waals surface area contributed by atoms with Crippen LogP contribution < -0.4 is 0 Å². The highest BCUT2D eigenvalue weighted by Gasteiger charge is 2.32. The van der Waals surface area contributed by atoms with Gasteiger partial charge in [-0.05, 0) is 58.7 Å². The molecule has 3 nitrogen and oxygen atoms in total. The minimum Gasteiger partial charge on any atom is -0.309 e. The second kappa shape index (κ2) is 8.81. The van der Waals surface area contributed by atoms with Crippen molar-refractivity contribution in [2.75, 3.05) is 40.3 Å². The number of hydrogen-bond donors (Lipinski definition) is 0. The lowest BCUT2D eigenvalue weighted by molar-refractivity contribution is 0.261. The molecular weight excluding hydrogens is 258 g/mol. The van der Waals surface area contributed by atoms with Crippen LogP contribution in [0.1, 0.15) is 32.3 Å². The number of nitrogens with zero attached hydrogens (tertiary/aromatic N) is 3. The third-order valence-corrected chi connectivity index (χ3v) is 4.28. The first-order valence-corrected chi connectivity index (χ1v) is 7.91. The van der Waals surface area contributed by atoms with Gasteiger partial charge in [0.15, 0.2) is 0 Å². The maximum Gasteiger partial charge on any atom is 0.0846 e. The summed E-state index contributed by atoms with van der Waals surface area (Å²) in [4.78, 5) is 4.55. The lowest BCUT2D eigenvalue weighted by Crippen LogP contribution is -2.35. The van der Waals surface area contributed by atoms with Crippen molar-refractivity contribution in [2.45, 2.75) is 32.1 Å². The van der Waals surface area contributed by atoms with E-state index in [1.807, 2.05) is 18.2 Å². The van der Waals surface area contributed by atoms with Gasteiger partial charge in [-0.3, -0.25) is 0 Å². The summed E-state index contributed by atoms with van der Waals surface area (Å²) < 4.78 is 0. The molecule has 0 aliphatic heterocycles. The third kappa shape index (κ3) is 5.15. The van der Waals surface area contributed by atoms with Crippen LogP contribution in [0, 0.1) is 11.3 Å². The van der Waals surface area contributed by atoms with E-state index in [1.54, 1.807) is 0 Å². The molecule has 0 unspecified atom stereocenters. The first-order valence-electron chi connectivity index (χ1n) is 7.91. The fourth-order valence-electron chi connectivity index (χ4n) is 2.65. The molecule has 0 saturated heterocycles. The highest BCUT2D eigenvalue weighted by atomic mass is 15.1. The van der Waals surface area contributed by atoms with Crippen LogP contribution in [0.5, 0.6) is 0 Å². The Morgan fingerprint density at radius 1 is 1.00 bits per heavy atom. The summed E-state index contributed by atoms with van der Waals surface area (Å²) in [6.45, 7) is 8.35. The molecule has 21 heavy (non-hydrogen) atoms. The van der Waals surface area contributed by atoms with Crippen LogP contribution in [0.25, 0.3) is 0 Å². The Morgan fingerprint density at radius 2 is 1.57 bits per heavy atom. The van der Waals surface area contributed by atoms with E-state index in [1.165, 1.54) is 0 Å². The zero-order valence-corrected chi connectivity index (χ0v) is 14.0. The molecule has 0 fully saturated rings. The van der Waals surface area contributed by atoms with Crippen molar-refractivity contribution in [1.29, 1.82) is 5.26 Å². The zero-order chi connectivity index (χ0) is 15.7. The molecule has 1 atom stereocenters. The van der Waals surface area contributed by atoms with Crippen LogP contribution in [0.15, 0.2) is 30.3 Å². The van der Waals surface area contributed by atoms with Gasteiger partial charge in [-0.15, -0.1) is 0 Å². The number of nitriles is 1. The van der Waals surface area contributed by atoms with E-state index in [9.17, 15) is 5.26 Å². The average molecular weight is 287 g/mol. The van der Waals surface area contributed by atoms with Gasteiger partial charge in [0.05, 0.1) is 11.5 Å². The van der Waals surface area contributed by atoms with Gasteiger partial charge in [-0.2, -0.15) is 5.26 Å². The van der Waals surface area contributed by atoms with E-state index in [4.69, 9.17) is 0 Å². The molecule has 1 aromatic carbocycles. The van der Waals surface area contributed by atoms with Crippen LogP contribution in [-0.4, -0.2) is 50.1 Å². The van der Waals surface area contributed by atoms with E-state index >= 15 is 0 Å². The van der Waals surface area contributed by atoms with Gasteiger partial charge in [-0.25, -0.2) is 0 Å². The van der Waals surface area contributed by atoms with Crippen molar-refractivity contribution in [3.63, 3.8) is 0 Å². The molecule has 1 aromatic rings. The first-order chi connectivity index (χ1) is 10.1. The molecule has 0 radical (unpaired) electrons. The van der Waals surface area contributed by atoms with Crippen LogP contribution in [0.3, 0.4) is 0 Å². The Labute approximate surface area is 130 Å². The maximum absolute atomic E-state index is 9.91. The van der Waals surface area contributed by atoms with E-state index in [0.717, 1.165) is 44.6 Å². The van der Waals surface area contributed by atoms with Gasteiger partial charge < -0.3 is 9.80 Å². The Balaban J connectivity index is 2.95. The molecule has 116 valence electrons. The fourth-order valence-corrected chi connectivity index (χ4v) is 2.65. The summed E-state index contributed by atoms with van der Waals surface area (Å²) in [6.07, 6.45) is 1.77. The van der Waals surface area contributed by atoms with Gasteiger partial charge in [0.25, 0.3) is 0 Å². The van der Waals surface area contributed by atoms with Crippen LogP contribution in [0.2, 0.25) is 0 Å². The molecule has 0 bridgehead atoms. The minimum absolute atomic E-state index is 0.381. The van der Waals surface area contributed by atoms with Gasteiger partial charge in [0, 0.05) is 0 Å². The summed E-state index contributed by atoms with van der Waals surface area (Å²) in [5.74, 6) is 0. The molecule has 0 aromatic heterocycles. The van der Waals surface area contributed by atoms with E-state index in [-0.39, 0.29) is 5.41 Å². The summed E-state index contributed by atoms with van der Waals surface area (Å²) in [5, 5.41) is 9.91. The third-order valence-electron chi connectivity index (χ3n) is 4.28. The van der Waals surface area contributed by atoms with Crippen molar-refractivity contribution in [3.8, 4) is 6.07 Å². The maximum atomic E-state index is 9.91. The van der Waals surface area contributed by atoms with Gasteiger partial charge in [0.2, 0.25) is 0 Å². The average Bonchev–Trinajstić information content (AvgIpc) is 2.52. The zero-order valence-electron chi connectivity index (χ0n) is 14.0. The molecule has 0 amide bonds. The highest BCUT2D eigenvalue weighted by Crippen LogP contribution is 2.31. The summed E-state index contributed by atoms with van der Waals surface area (Å²) in [7, 11) is 4.13. The SMILES string of the molecule is CCN(CC)CC[C@@](C#N)(CCN(C)C)c1ccccc1. The van der Waals surface area contributed by atoms with Crippen LogP contribution in [-0.2, 0) is 5.41 Å². The van der Waals surface area contributed by atoms with Crippen LogP contribution in [0.4, 0.5) is 0 Å². The van der Waals surface area contributed by atoms with Crippen molar-refractivity contribution < 1.29 is 0 Å². The second-order valence-corrected chi connectivity index (χ2v) is 5.89. The summed E-state index contributed by atoms with van der Waals surface area (Å²) in [5.41, 5.74) is 0.773. The largest absolute Gasteiger partial charge is 0.309 e. The molecule has 0 aliphatic rings. The predicted molar refractivity (Wildman–Crippen MR) is 89.3 cm³/mol. The van der Waals surface area contributed by atoms with Gasteiger partial charge >= 0.3 is 0 Å². The lowest BCUT2D eigenvalue weighted by atomic mass is 9.76. The Bertz CT molecular complexity index is 432. The number of hydrogen-bond acceptors (Lipinski definition) is 3. The van der Waals surface area contributed by atoms with Crippen molar-refractivity contribution in [2.24, 2.45) is 0 Å². The molecule has 1 rings (SSSR count). The monoisotopic (exact) mass is 287 g/mol. The fraction of sp³-hybridized carbons (Fsp3) is 0.611. The summed E-state index contributed by atoms with van der Waals surface area (Å²) >= 11 is 0. The summed E-state index contributed by atoms with van der Waals surface area (Å²) in [6, 6.07) is 12.9. The lowest BCUT2D eigenvalue weighted by Gasteiger charge is -2.31. The van der Waals surface area contributed by atoms with Gasteiger partial charge in [-0.1, -0.05) is 44.2 Å². The minimum atomic E-state index is -0.381. The topological polar surface area (TPSA) is 30.3 Å². The quantitative estimate of drug-likeness (QED) is 0.699. The molecule has 0 aliphatic carbocycles. The highest BCUT2D eigenvalue weighted by molar-refractivity contribution is 5.32. The smallest absolute Gasteiger partial charge is 0.0846 e. The number of rotatable bonds is 9. The molecule has 0 heterocycles. The molecule has 0 N–H and O–H groups in total. The molecule has 0 spiro atoms. The molecule has 3 heteroatoms. The predicted octanol–water partition coefficient (Wildman–Crippen LogP) is 3.13. The second-order valence-electron chi connectivity index (χ2n) is 5.89. The molecular formula is C18H29N3. The van der Waals surface area contributed by atoms with Crippen molar-refractivity contribution >= 4 is 0 Å². The Morgan fingerprint density at radius 3 is 2.05 bits per heavy atom. The van der Waals surface area contributed by atoms with Crippen molar-refractivity contribution in [1.82, 2.24) is 9.80 Å². The van der Waals surface area contributed by atoms with Crippen molar-refractivity contribution in [3.05, 3.63) is 35.9 Å². The normalized spacial score (nSPS) is 14.1. The first kappa shape index (κ1) is 17.7. The van der Waals surface area contributed by atoms with E-state index in [2.05, 4.69) is 55.9 Å². The van der Waals surface area contributed by atoms with Crippen LogP contribution >= 0.6 is 0 Å².